The fourth-order valence-corrected chi connectivity index (χ4v) is 2.45. The van der Waals surface area contributed by atoms with Gasteiger partial charge in [0.2, 0.25) is 5.91 Å². The Labute approximate surface area is 104 Å². The summed E-state index contributed by atoms with van der Waals surface area (Å²) < 4.78 is 0. The molecule has 0 saturated heterocycles. The highest BCUT2D eigenvalue weighted by Gasteiger charge is 2.37. The monoisotopic (exact) mass is 253 g/mol. The minimum atomic E-state index is -0.920. The Morgan fingerprint density at radius 2 is 2.29 bits per heavy atom. The normalized spacial score (nSPS) is 16.5. The Hall–Kier alpha value is -1.36. The number of carbonyl (C=O) groups excluding carboxylic acids is 1. The molecule has 1 aliphatic carbocycles. The molecule has 1 heterocycles. The first-order valence-corrected chi connectivity index (χ1v) is 6.64. The lowest BCUT2D eigenvalue weighted by atomic mass is 10.1. The molecule has 0 bridgehead atoms. The first-order valence-electron chi connectivity index (χ1n) is 5.70. The molecule has 1 saturated carbocycles. The maximum Gasteiger partial charge on any atom is 0.326 e. The van der Waals surface area contributed by atoms with Gasteiger partial charge in [0.15, 0.2) is 0 Å². The smallest absolute Gasteiger partial charge is 0.326 e. The van der Waals surface area contributed by atoms with Crippen molar-refractivity contribution >= 4 is 23.2 Å². The second-order valence-corrected chi connectivity index (χ2v) is 5.13. The number of carboxylic acid groups (broad SMARTS) is 1. The van der Waals surface area contributed by atoms with E-state index >= 15 is 0 Å². The number of carboxylic acids is 1. The Balaban J connectivity index is 1.77. The molecule has 1 atom stereocenters. The molecule has 0 radical (unpaired) electrons. The number of hydrogen-bond acceptors (Lipinski definition) is 3. The third-order valence-corrected chi connectivity index (χ3v) is 3.63. The first-order chi connectivity index (χ1) is 8.16. The van der Waals surface area contributed by atoms with Gasteiger partial charge in [-0.1, -0.05) is 0 Å². The molecular formula is C12H15NO3S. The van der Waals surface area contributed by atoms with E-state index in [1.165, 1.54) is 0 Å². The molecule has 0 aromatic carbocycles. The van der Waals surface area contributed by atoms with E-state index in [0.717, 1.165) is 18.4 Å². The predicted molar refractivity (Wildman–Crippen MR) is 64.9 cm³/mol. The molecule has 0 spiro atoms. The van der Waals surface area contributed by atoms with Crippen LogP contribution in [-0.2, 0) is 16.0 Å². The highest BCUT2D eigenvalue weighted by molar-refractivity contribution is 7.07. The van der Waals surface area contributed by atoms with Crippen LogP contribution in [-0.4, -0.2) is 23.0 Å². The number of thiophene rings is 1. The maximum absolute atomic E-state index is 11.6. The Morgan fingerprint density at radius 3 is 2.82 bits per heavy atom. The van der Waals surface area contributed by atoms with E-state index in [4.69, 9.17) is 5.11 Å². The summed E-state index contributed by atoms with van der Waals surface area (Å²) in [5.41, 5.74) is 1.13. The van der Waals surface area contributed by atoms with Crippen LogP contribution in [0.1, 0.15) is 24.8 Å². The zero-order valence-corrected chi connectivity index (χ0v) is 10.2. The van der Waals surface area contributed by atoms with Gasteiger partial charge in [-0.25, -0.2) is 4.79 Å². The number of carbonyl (C=O) groups is 2. The molecule has 1 aromatic rings. The number of nitrogens with one attached hydrogen (secondary N) is 1. The maximum atomic E-state index is 11.6. The van der Waals surface area contributed by atoms with Gasteiger partial charge in [-0.3, -0.25) is 4.79 Å². The summed E-state index contributed by atoms with van der Waals surface area (Å²) >= 11 is 1.60. The van der Waals surface area contributed by atoms with Gasteiger partial charge in [0.25, 0.3) is 0 Å². The van der Waals surface area contributed by atoms with Crippen molar-refractivity contribution in [3.8, 4) is 0 Å². The van der Waals surface area contributed by atoms with Gasteiger partial charge in [0.05, 0.1) is 0 Å². The lowest BCUT2D eigenvalue weighted by Gasteiger charge is -2.13. The summed E-state index contributed by atoms with van der Waals surface area (Å²) in [6.07, 6.45) is 2.84. The summed E-state index contributed by atoms with van der Waals surface area (Å²) in [7, 11) is 0. The van der Waals surface area contributed by atoms with Crippen LogP contribution < -0.4 is 5.32 Å². The Kier molecular flexibility index (Phi) is 3.78. The predicted octanol–water partition coefficient (Wildman–Crippen LogP) is 1.66. The van der Waals surface area contributed by atoms with Crippen LogP contribution in [0, 0.1) is 5.92 Å². The second kappa shape index (κ2) is 5.31. The van der Waals surface area contributed by atoms with Gasteiger partial charge < -0.3 is 10.4 Å². The van der Waals surface area contributed by atoms with Crippen molar-refractivity contribution in [1.29, 1.82) is 0 Å². The van der Waals surface area contributed by atoms with Crippen LogP contribution in [0.25, 0.3) is 0 Å². The average molecular weight is 253 g/mol. The van der Waals surface area contributed by atoms with Crippen LogP contribution in [0.2, 0.25) is 0 Å². The number of aryl methyl sites for hydroxylation is 1. The van der Waals surface area contributed by atoms with E-state index < -0.39 is 12.0 Å². The van der Waals surface area contributed by atoms with E-state index in [9.17, 15) is 9.59 Å². The van der Waals surface area contributed by atoms with Crippen molar-refractivity contribution in [2.24, 2.45) is 5.92 Å². The summed E-state index contributed by atoms with van der Waals surface area (Å²) in [4.78, 5) is 22.6. The highest BCUT2D eigenvalue weighted by Crippen LogP contribution is 2.32. The molecule has 1 fully saturated rings. The average Bonchev–Trinajstić information content (AvgIpc) is 2.99. The zero-order valence-electron chi connectivity index (χ0n) is 9.39. The van der Waals surface area contributed by atoms with E-state index in [1.54, 1.807) is 11.3 Å². The van der Waals surface area contributed by atoms with Crippen molar-refractivity contribution in [3.63, 3.8) is 0 Å². The number of hydrogen-bond donors (Lipinski definition) is 2. The topological polar surface area (TPSA) is 66.4 Å². The highest BCUT2D eigenvalue weighted by atomic mass is 32.1. The minimum absolute atomic E-state index is 0.137. The third-order valence-electron chi connectivity index (χ3n) is 2.90. The Bertz CT molecular complexity index is 398. The van der Waals surface area contributed by atoms with Crippen LogP contribution in [0.3, 0.4) is 0 Å². The van der Waals surface area contributed by atoms with Crippen molar-refractivity contribution in [3.05, 3.63) is 22.4 Å². The largest absolute Gasteiger partial charge is 0.480 e. The fourth-order valence-electron chi connectivity index (χ4n) is 1.75. The molecule has 2 N–H and O–H groups in total. The molecule has 2 rings (SSSR count). The van der Waals surface area contributed by atoms with Crippen molar-refractivity contribution < 1.29 is 14.7 Å². The molecule has 1 aromatic heterocycles. The summed E-state index contributed by atoms with van der Waals surface area (Å²) in [6.45, 7) is 0. The Morgan fingerprint density at radius 1 is 1.53 bits per heavy atom. The van der Waals surface area contributed by atoms with Crippen LogP contribution in [0.15, 0.2) is 16.8 Å². The van der Waals surface area contributed by atoms with Crippen molar-refractivity contribution in [2.45, 2.75) is 31.7 Å². The fraction of sp³-hybridized carbons (Fsp3) is 0.500. The van der Waals surface area contributed by atoms with E-state index in [2.05, 4.69) is 5.32 Å². The molecule has 1 amide bonds. The molecule has 1 aliphatic rings. The minimum Gasteiger partial charge on any atom is -0.480 e. The number of aliphatic carboxylic acids is 1. The van der Waals surface area contributed by atoms with Gasteiger partial charge in [-0.15, -0.1) is 0 Å². The summed E-state index contributed by atoms with van der Waals surface area (Å²) in [6, 6.07) is 1.29. The first kappa shape index (κ1) is 12.1. The van der Waals surface area contributed by atoms with Gasteiger partial charge in [0.1, 0.15) is 6.04 Å². The molecule has 5 heteroatoms. The summed E-state index contributed by atoms with van der Waals surface area (Å²) in [5, 5.41) is 15.6. The SMILES string of the molecule is O=C(CCc1ccsc1)NC(C(=O)O)C1CC1. The molecular weight excluding hydrogens is 238 g/mol. The molecule has 0 aliphatic heterocycles. The standard InChI is InChI=1S/C12H15NO3S/c14-10(4-1-8-5-6-17-7-8)13-11(12(15)16)9-2-3-9/h5-7,9,11H,1-4H2,(H,13,14)(H,15,16). The second-order valence-electron chi connectivity index (χ2n) is 4.35. The van der Waals surface area contributed by atoms with Crippen LogP contribution >= 0.6 is 11.3 Å². The van der Waals surface area contributed by atoms with Gasteiger partial charge >= 0.3 is 5.97 Å². The summed E-state index contributed by atoms with van der Waals surface area (Å²) in [5.74, 6) is -0.954. The quantitative estimate of drug-likeness (QED) is 0.810. The van der Waals surface area contributed by atoms with E-state index in [1.807, 2.05) is 16.8 Å². The van der Waals surface area contributed by atoms with E-state index in [0.29, 0.717) is 12.8 Å². The van der Waals surface area contributed by atoms with Crippen molar-refractivity contribution in [1.82, 2.24) is 5.32 Å². The van der Waals surface area contributed by atoms with Gasteiger partial charge in [-0.2, -0.15) is 11.3 Å². The molecule has 1 unspecified atom stereocenters. The number of amides is 1. The van der Waals surface area contributed by atoms with Crippen LogP contribution in [0.5, 0.6) is 0 Å². The third kappa shape index (κ3) is 3.56. The molecule has 17 heavy (non-hydrogen) atoms. The van der Waals surface area contributed by atoms with Crippen LogP contribution in [0.4, 0.5) is 0 Å². The number of rotatable bonds is 6. The van der Waals surface area contributed by atoms with Gasteiger partial charge in [-0.05, 0) is 47.6 Å². The van der Waals surface area contributed by atoms with E-state index in [-0.39, 0.29) is 11.8 Å². The molecule has 92 valence electrons. The van der Waals surface area contributed by atoms with Gasteiger partial charge in [0, 0.05) is 6.42 Å². The lowest BCUT2D eigenvalue weighted by Crippen LogP contribution is -2.42. The zero-order chi connectivity index (χ0) is 12.3. The lowest BCUT2D eigenvalue weighted by molar-refractivity contribution is -0.142. The van der Waals surface area contributed by atoms with Crippen molar-refractivity contribution in [2.75, 3.05) is 0 Å². The molecule has 4 nitrogen and oxygen atoms in total.